The molecule has 0 N–H and O–H groups in total. The second-order valence-electron chi connectivity index (χ2n) is 8.16. The van der Waals surface area contributed by atoms with Crippen molar-refractivity contribution in [2.75, 3.05) is 38.1 Å². The largest absolute Gasteiger partial charge is 0.493 e. The van der Waals surface area contributed by atoms with Gasteiger partial charge in [-0.15, -0.1) is 0 Å². The summed E-state index contributed by atoms with van der Waals surface area (Å²) in [5, 5.41) is 1.92. The minimum absolute atomic E-state index is 0.126. The minimum Gasteiger partial charge on any atom is -0.493 e. The average molecular weight is 600 g/mol. The summed E-state index contributed by atoms with van der Waals surface area (Å²) < 4.78 is 22.8. The molecule has 0 aliphatic rings. The molecule has 0 aromatic heterocycles. The Morgan fingerprint density at radius 1 is 0.706 bits per heavy atom. The molecule has 2 aromatic carbocycles. The molecular formula is C27H36Br2O5. The van der Waals surface area contributed by atoms with E-state index in [9.17, 15) is 4.79 Å². The summed E-state index contributed by atoms with van der Waals surface area (Å²) in [6, 6.07) is 11.5. The monoisotopic (exact) mass is 598 g/mol. The third-order valence-electron chi connectivity index (χ3n) is 5.80. The number of carbonyl (C=O) groups excluding carboxylic acids is 1. The molecule has 0 spiro atoms. The van der Waals surface area contributed by atoms with Gasteiger partial charge in [0.05, 0.1) is 27.4 Å². The molecule has 0 fully saturated rings. The van der Waals surface area contributed by atoms with Crippen LogP contribution in [0.4, 0.5) is 0 Å². The van der Waals surface area contributed by atoms with E-state index < -0.39 is 0 Å². The predicted molar refractivity (Wildman–Crippen MR) is 145 cm³/mol. The van der Waals surface area contributed by atoms with Gasteiger partial charge in [-0.1, -0.05) is 57.8 Å². The summed E-state index contributed by atoms with van der Waals surface area (Å²) in [6.45, 7) is 5.13. The second-order valence-corrected chi connectivity index (χ2v) is 9.74. The maximum absolute atomic E-state index is 13.3. The van der Waals surface area contributed by atoms with Crippen molar-refractivity contribution in [1.82, 2.24) is 0 Å². The van der Waals surface area contributed by atoms with Crippen LogP contribution in [0.1, 0.15) is 62.5 Å². The first-order valence-corrected chi connectivity index (χ1v) is 14.0. The molecule has 0 saturated heterocycles. The molecule has 0 radical (unpaired) electrons. The lowest BCUT2D eigenvalue weighted by atomic mass is 9.85. The fourth-order valence-electron chi connectivity index (χ4n) is 3.61. The number of Topliss-reactive ketones (excluding diaryl/α,β-unsaturated/α-hetero) is 1. The van der Waals surface area contributed by atoms with E-state index in [1.807, 2.05) is 50.2 Å². The molecule has 0 amide bonds. The van der Waals surface area contributed by atoms with Gasteiger partial charge >= 0.3 is 0 Å². The van der Waals surface area contributed by atoms with Gasteiger partial charge < -0.3 is 18.9 Å². The van der Waals surface area contributed by atoms with Gasteiger partial charge in [-0.05, 0) is 61.1 Å². The van der Waals surface area contributed by atoms with E-state index in [4.69, 9.17) is 18.9 Å². The van der Waals surface area contributed by atoms with Crippen LogP contribution in [0, 0.1) is 0 Å². The Morgan fingerprint density at radius 3 is 1.47 bits per heavy atom. The summed E-state index contributed by atoms with van der Waals surface area (Å²) in [5.74, 6) is 2.23. The third-order valence-corrected chi connectivity index (χ3v) is 6.92. The third kappa shape index (κ3) is 8.19. The van der Waals surface area contributed by atoms with Gasteiger partial charge in [0.2, 0.25) is 0 Å². The van der Waals surface area contributed by atoms with Crippen LogP contribution < -0.4 is 18.9 Å². The minimum atomic E-state index is -0.294. The molecule has 0 bridgehead atoms. The standard InChI is InChI=1S/C27H36Br2O5/c1-19(21-9-11-23(25(17-21)31-3)33-15-7-5-13-28)27(30)20(2)22-10-12-24(26(18-22)32-4)34-16-8-6-14-29/h9-12,17-20H,5-8,13-16H2,1-4H3. The number of hydrogen-bond donors (Lipinski definition) is 0. The highest BCUT2D eigenvalue weighted by Crippen LogP contribution is 2.36. The molecule has 2 atom stereocenters. The number of alkyl halides is 2. The Morgan fingerprint density at radius 2 is 1.12 bits per heavy atom. The number of halogens is 2. The second kappa shape index (κ2) is 15.3. The van der Waals surface area contributed by atoms with Gasteiger partial charge in [0.25, 0.3) is 0 Å². The van der Waals surface area contributed by atoms with Crippen molar-refractivity contribution >= 4 is 37.6 Å². The van der Waals surface area contributed by atoms with Crippen molar-refractivity contribution in [2.24, 2.45) is 0 Å². The lowest BCUT2D eigenvalue weighted by molar-refractivity contribution is -0.121. The predicted octanol–water partition coefficient (Wildman–Crippen LogP) is 7.29. The number of methoxy groups -OCH3 is 2. The van der Waals surface area contributed by atoms with Crippen molar-refractivity contribution < 1.29 is 23.7 Å². The van der Waals surface area contributed by atoms with Crippen LogP contribution in [0.25, 0.3) is 0 Å². The van der Waals surface area contributed by atoms with Crippen LogP contribution >= 0.6 is 31.9 Å². The maximum atomic E-state index is 13.3. The Kier molecular flexibility index (Phi) is 12.8. The zero-order valence-corrected chi connectivity index (χ0v) is 23.7. The molecule has 0 heterocycles. The van der Waals surface area contributed by atoms with E-state index in [0.717, 1.165) is 47.5 Å². The van der Waals surface area contributed by atoms with Crippen LogP contribution in [0.3, 0.4) is 0 Å². The molecule has 0 saturated carbocycles. The van der Waals surface area contributed by atoms with E-state index in [2.05, 4.69) is 31.9 Å². The number of unbranched alkanes of at least 4 members (excludes halogenated alkanes) is 2. The number of carbonyl (C=O) groups is 1. The van der Waals surface area contributed by atoms with Gasteiger partial charge in [0.15, 0.2) is 23.0 Å². The highest BCUT2D eigenvalue weighted by atomic mass is 79.9. The quantitative estimate of drug-likeness (QED) is 0.150. The summed E-state index contributed by atoms with van der Waals surface area (Å²) in [6.07, 6.45) is 4.04. The highest BCUT2D eigenvalue weighted by Gasteiger charge is 2.25. The first-order chi connectivity index (χ1) is 16.5. The first-order valence-electron chi connectivity index (χ1n) is 11.7. The zero-order valence-electron chi connectivity index (χ0n) is 20.6. The van der Waals surface area contributed by atoms with Gasteiger partial charge in [0, 0.05) is 22.5 Å². The average Bonchev–Trinajstić information content (AvgIpc) is 2.87. The zero-order chi connectivity index (χ0) is 24.9. The van der Waals surface area contributed by atoms with E-state index in [0.29, 0.717) is 36.2 Å². The van der Waals surface area contributed by atoms with E-state index in [1.54, 1.807) is 14.2 Å². The van der Waals surface area contributed by atoms with Crippen LogP contribution in [0.2, 0.25) is 0 Å². The van der Waals surface area contributed by atoms with Crippen molar-refractivity contribution in [3.63, 3.8) is 0 Å². The van der Waals surface area contributed by atoms with E-state index in [-0.39, 0.29) is 17.6 Å². The Bertz CT molecular complexity index is 831. The lowest BCUT2D eigenvalue weighted by Gasteiger charge is -2.20. The van der Waals surface area contributed by atoms with Gasteiger partial charge in [-0.2, -0.15) is 0 Å². The van der Waals surface area contributed by atoms with Crippen molar-refractivity contribution in [3.8, 4) is 23.0 Å². The van der Waals surface area contributed by atoms with Crippen molar-refractivity contribution in [3.05, 3.63) is 47.5 Å². The fourth-order valence-corrected chi connectivity index (χ4v) is 4.40. The smallest absolute Gasteiger partial charge is 0.161 e. The molecule has 5 nitrogen and oxygen atoms in total. The van der Waals surface area contributed by atoms with Crippen LogP contribution in [0.15, 0.2) is 36.4 Å². The number of benzene rings is 2. The Hall–Kier alpha value is -1.73. The molecular weight excluding hydrogens is 564 g/mol. The van der Waals surface area contributed by atoms with Crippen molar-refractivity contribution in [1.29, 1.82) is 0 Å². The number of ketones is 1. The molecule has 0 aliphatic heterocycles. The normalized spacial score (nSPS) is 12.6. The fraction of sp³-hybridized carbons (Fsp3) is 0.519. The maximum Gasteiger partial charge on any atom is 0.161 e. The molecule has 34 heavy (non-hydrogen) atoms. The summed E-state index contributed by atoms with van der Waals surface area (Å²) >= 11 is 6.86. The molecule has 7 heteroatoms. The summed E-state index contributed by atoms with van der Waals surface area (Å²) in [4.78, 5) is 13.3. The Balaban J connectivity index is 2.10. The van der Waals surface area contributed by atoms with E-state index >= 15 is 0 Å². The highest BCUT2D eigenvalue weighted by molar-refractivity contribution is 9.09. The van der Waals surface area contributed by atoms with E-state index in [1.165, 1.54) is 0 Å². The van der Waals surface area contributed by atoms with Crippen molar-refractivity contribution in [2.45, 2.75) is 51.4 Å². The van der Waals surface area contributed by atoms with Gasteiger partial charge in [-0.3, -0.25) is 4.79 Å². The first kappa shape index (κ1) is 28.5. The Labute approximate surface area is 220 Å². The number of rotatable bonds is 16. The molecule has 0 aliphatic carbocycles. The molecule has 188 valence electrons. The summed E-state index contributed by atoms with van der Waals surface area (Å²) in [5.41, 5.74) is 1.81. The van der Waals surface area contributed by atoms with Crippen LogP contribution in [0.5, 0.6) is 23.0 Å². The molecule has 2 aromatic rings. The lowest BCUT2D eigenvalue weighted by Crippen LogP contribution is -2.17. The molecule has 2 rings (SSSR count). The molecule has 2 unspecified atom stereocenters. The topological polar surface area (TPSA) is 54.0 Å². The van der Waals surface area contributed by atoms with Gasteiger partial charge in [-0.25, -0.2) is 0 Å². The number of ether oxygens (including phenoxy) is 4. The van der Waals surface area contributed by atoms with Crippen LogP contribution in [-0.4, -0.2) is 43.9 Å². The SMILES string of the molecule is COc1cc(C(C)C(=O)C(C)c2ccc(OCCCCBr)c(OC)c2)ccc1OCCCCBr. The summed E-state index contributed by atoms with van der Waals surface area (Å²) in [7, 11) is 3.24. The number of hydrogen-bond acceptors (Lipinski definition) is 5. The van der Waals surface area contributed by atoms with Gasteiger partial charge in [0.1, 0.15) is 5.78 Å². The van der Waals surface area contributed by atoms with Crippen LogP contribution in [-0.2, 0) is 4.79 Å².